The molecule has 0 saturated carbocycles. The molecule has 1 N–H and O–H groups in total. The normalized spacial score (nSPS) is 23.9. The van der Waals surface area contributed by atoms with E-state index in [1.807, 2.05) is 12.3 Å². The molecule has 1 aromatic rings. The number of nitrogens with zero attached hydrogens (tertiary/aromatic N) is 1. The average molecular weight is 297 g/mol. The number of halogens is 1. The SMILES string of the molecule is CCCNC(Cc1ccncc1Cl)C1CCOC1CC. The summed E-state index contributed by atoms with van der Waals surface area (Å²) >= 11 is 6.26. The third kappa shape index (κ3) is 3.94. The number of hydrogen-bond acceptors (Lipinski definition) is 3. The van der Waals surface area contributed by atoms with E-state index in [-0.39, 0.29) is 0 Å². The molecule has 0 amide bonds. The topological polar surface area (TPSA) is 34.2 Å². The van der Waals surface area contributed by atoms with E-state index in [4.69, 9.17) is 16.3 Å². The van der Waals surface area contributed by atoms with Crippen molar-refractivity contribution in [2.45, 2.75) is 51.7 Å². The van der Waals surface area contributed by atoms with Gasteiger partial charge in [-0.15, -0.1) is 0 Å². The van der Waals surface area contributed by atoms with Crippen LogP contribution >= 0.6 is 11.6 Å². The van der Waals surface area contributed by atoms with Gasteiger partial charge in [-0.05, 0) is 43.9 Å². The second-order valence-electron chi connectivity index (χ2n) is 5.50. The van der Waals surface area contributed by atoms with Gasteiger partial charge in [0.2, 0.25) is 0 Å². The van der Waals surface area contributed by atoms with Crippen LogP contribution in [-0.4, -0.2) is 30.3 Å². The first-order valence-corrected chi connectivity index (χ1v) is 8.07. The van der Waals surface area contributed by atoms with Crippen LogP contribution in [0.25, 0.3) is 0 Å². The first-order valence-electron chi connectivity index (χ1n) is 7.69. The van der Waals surface area contributed by atoms with E-state index in [2.05, 4.69) is 24.1 Å². The molecule has 1 fully saturated rings. The molecule has 3 unspecified atom stereocenters. The van der Waals surface area contributed by atoms with Crippen LogP contribution in [0.4, 0.5) is 0 Å². The maximum Gasteiger partial charge on any atom is 0.0621 e. The molecule has 2 rings (SSSR count). The molecule has 4 heteroatoms. The number of aromatic nitrogens is 1. The van der Waals surface area contributed by atoms with Crippen molar-refractivity contribution in [1.29, 1.82) is 0 Å². The van der Waals surface area contributed by atoms with Crippen molar-refractivity contribution in [2.75, 3.05) is 13.2 Å². The van der Waals surface area contributed by atoms with Crippen LogP contribution in [0.3, 0.4) is 0 Å². The molecule has 1 aliphatic rings. The van der Waals surface area contributed by atoms with E-state index in [0.29, 0.717) is 18.1 Å². The quantitative estimate of drug-likeness (QED) is 0.837. The number of pyridine rings is 1. The van der Waals surface area contributed by atoms with Crippen LogP contribution in [-0.2, 0) is 11.2 Å². The van der Waals surface area contributed by atoms with Crippen molar-refractivity contribution < 1.29 is 4.74 Å². The van der Waals surface area contributed by atoms with Gasteiger partial charge >= 0.3 is 0 Å². The zero-order chi connectivity index (χ0) is 14.4. The van der Waals surface area contributed by atoms with Crippen LogP contribution in [0.5, 0.6) is 0 Å². The third-order valence-corrected chi connectivity index (χ3v) is 4.47. The van der Waals surface area contributed by atoms with Crippen LogP contribution in [0, 0.1) is 5.92 Å². The lowest BCUT2D eigenvalue weighted by molar-refractivity contribution is 0.0775. The van der Waals surface area contributed by atoms with Gasteiger partial charge in [0, 0.05) is 31.0 Å². The summed E-state index contributed by atoms with van der Waals surface area (Å²) in [6.45, 7) is 6.34. The van der Waals surface area contributed by atoms with E-state index < -0.39 is 0 Å². The maximum absolute atomic E-state index is 6.26. The van der Waals surface area contributed by atoms with E-state index in [9.17, 15) is 0 Å². The molecular formula is C16H25ClN2O. The zero-order valence-corrected chi connectivity index (χ0v) is 13.2. The lowest BCUT2D eigenvalue weighted by Gasteiger charge is -2.28. The second kappa shape index (κ2) is 7.96. The first-order chi connectivity index (χ1) is 9.76. The van der Waals surface area contributed by atoms with Crippen LogP contribution < -0.4 is 5.32 Å². The van der Waals surface area contributed by atoms with Gasteiger partial charge in [0.25, 0.3) is 0 Å². The fourth-order valence-corrected chi connectivity index (χ4v) is 3.25. The van der Waals surface area contributed by atoms with Gasteiger partial charge in [-0.1, -0.05) is 25.4 Å². The lowest BCUT2D eigenvalue weighted by atomic mass is 9.87. The molecular weight excluding hydrogens is 272 g/mol. The fraction of sp³-hybridized carbons (Fsp3) is 0.688. The molecule has 0 aromatic carbocycles. The Morgan fingerprint density at radius 2 is 2.35 bits per heavy atom. The molecule has 0 spiro atoms. The minimum atomic E-state index is 0.380. The number of hydrogen-bond donors (Lipinski definition) is 1. The smallest absolute Gasteiger partial charge is 0.0621 e. The first kappa shape index (κ1) is 15.7. The number of nitrogens with one attached hydrogen (secondary N) is 1. The largest absolute Gasteiger partial charge is 0.378 e. The van der Waals surface area contributed by atoms with Crippen molar-refractivity contribution in [3.63, 3.8) is 0 Å². The minimum Gasteiger partial charge on any atom is -0.378 e. The number of ether oxygens (including phenoxy) is 1. The standard InChI is InChI=1S/C16H25ClN2O/c1-3-7-19-15(13-6-9-20-16(13)4-2)10-12-5-8-18-11-14(12)17/h5,8,11,13,15-16,19H,3-4,6-7,9-10H2,1-2H3. The molecule has 1 aliphatic heterocycles. The van der Waals surface area contributed by atoms with Crippen molar-refractivity contribution in [3.05, 3.63) is 29.0 Å². The van der Waals surface area contributed by atoms with Crippen molar-refractivity contribution in [3.8, 4) is 0 Å². The molecule has 3 atom stereocenters. The highest BCUT2D eigenvalue weighted by molar-refractivity contribution is 6.31. The predicted octanol–water partition coefficient (Wildman–Crippen LogP) is 3.46. The van der Waals surface area contributed by atoms with Crippen LogP contribution in [0.1, 0.15) is 38.7 Å². The highest BCUT2D eigenvalue weighted by Crippen LogP contribution is 2.29. The molecule has 3 nitrogen and oxygen atoms in total. The highest BCUT2D eigenvalue weighted by atomic mass is 35.5. The fourth-order valence-electron chi connectivity index (χ4n) is 3.06. The van der Waals surface area contributed by atoms with Gasteiger partial charge < -0.3 is 10.1 Å². The van der Waals surface area contributed by atoms with Crippen molar-refractivity contribution >= 4 is 11.6 Å². The van der Waals surface area contributed by atoms with Crippen LogP contribution in [0.2, 0.25) is 5.02 Å². The summed E-state index contributed by atoms with van der Waals surface area (Å²) < 4.78 is 5.86. The zero-order valence-electron chi connectivity index (χ0n) is 12.4. The Bertz CT molecular complexity index is 413. The Labute approximate surface area is 127 Å². The molecule has 20 heavy (non-hydrogen) atoms. The summed E-state index contributed by atoms with van der Waals surface area (Å²) in [4.78, 5) is 4.07. The predicted molar refractivity (Wildman–Crippen MR) is 83.2 cm³/mol. The Morgan fingerprint density at radius 1 is 1.50 bits per heavy atom. The Balaban J connectivity index is 2.09. The van der Waals surface area contributed by atoms with Gasteiger partial charge in [0.1, 0.15) is 0 Å². The highest BCUT2D eigenvalue weighted by Gasteiger charge is 2.33. The molecule has 1 aromatic heterocycles. The molecule has 2 heterocycles. The van der Waals surface area contributed by atoms with E-state index >= 15 is 0 Å². The Kier molecular flexibility index (Phi) is 6.27. The summed E-state index contributed by atoms with van der Waals surface area (Å²) in [5.74, 6) is 0.579. The van der Waals surface area contributed by atoms with Gasteiger partial charge in [0.05, 0.1) is 11.1 Å². The van der Waals surface area contributed by atoms with Gasteiger partial charge in [0.15, 0.2) is 0 Å². The van der Waals surface area contributed by atoms with E-state index in [1.165, 1.54) is 5.56 Å². The molecule has 0 aliphatic carbocycles. The van der Waals surface area contributed by atoms with Gasteiger partial charge in [-0.3, -0.25) is 4.98 Å². The van der Waals surface area contributed by atoms with Crippen molar-refractivity contribution in [1.82, 2.24) is 10.3 Å². The Morgan fingerprint density at radius 3 is 3.05 bits per heavy atom. The molecule has 0 bridgehead atoms. The second-order valence-corrected chi connectivity index (χ2v) is 5.91. The van der Waals surface area contributed by atoms with Crippen LogP contribution in [0.15, 0.2) is 18.5 Å². The maximum atomic E-state index is 6.26. The summed E-state index contributed by atoms with van der Waals surface area (Å²) in [7, 11) is 0. The van der Waals surface area contributed by atoms with Gasteiger partial charge in [-0.2, -0.15) is 0 Å². The molecule has 112 valence electrons. The third-order valence-electron chi connectivity index (χ3n) is 4.13. The van der Waals surface area contributed by atoms with E-state index in [0.717, 1.165) is 43.9 Å². The summed E-state index contributed by atoms with van der Waals surface area (Å²) in [6, 6.07) is 2.46. The number of rotatable bonds is 7. The molecule has 1 saturated heterocycles. The van der Waals surface area contributed by atoms with E-state index in [1.54, 1.807) is 6.20 Å². The monoisotopic (exact) mass is 296 g/mol. The summed E-state index contributed by atoms with van der Waals surface area (Å²) in [5.41, 5.74) is 1.18. The molecule has 0 radical (unpaired) electrons. The Hall–Kier alpha value is -0.640. The summed E-state index contributed by atoms with van der Waals surface area (Å²) in [6.07, 6.45) is 8.25. The minimum absolute atomic E-state index is 0.380. The lowest BCUT2D eigenvalue weighted by Crippen LogP contribution is -2.42. The average Bonchev–Trinajstić information content (AvgIpc) is 2.93. The summed E-state index contributed by atoms with van der Waals surface area (Å²) in [5, 5.41) is 4.46. The van der Waals surface area contributed by atoms with Gasteiger partial charge in [-0.25, -0.2) is 0 Å². The van der Waals surface area contributed by atoms with Crippen molar-refractivity contribution in [2.24, 2.45) is 5.92 Å².